The second-order valence-electron chi connectivity index (χ2n) is 3.36. The minimum atomic E-state index is -1.40. The van der Waals surface area contributed by atoms with Crippen LogP contribution in [-0.2, 0) is 9.47 Å². The van der Waals surface area contributed by atoms with Gasteiger partial charge in [0, 0.05) is 6.54 Å². The Balaban J connectivity index is 2.57. The van der Waals surface area contributed by atoms with E-state index in [0.717, 1.165) is 0 Å². The largest absolute Gasteiger partial charge is 0.394 e. The summed E-state index contributed by atoms with van der Waals surface area (Å²) in [5.41, 5.74) is 5.20. The fourth-order valence-electron chi connectivity index (χ4n) is 1.39. The van der Waals surface area contributed by atoms with Crippen LogP contribution in [0.1, 0.15) is 0 Å². The van der Waals surface area contributed by atoms with Crippen LogP contribution in [0.25, 0.3) is 0 Å². The van der Waals surface area contributed by atoms with Crippen LogP contribution in [0.2, 0.25) is 0 Å². The molecule has 1 aliphatic heterocycles. The Bertz CT molecular complexity index is 190. The normalized spacial score (nSPS) is 41.8. The van der Waals surface area contributed by atoms with E-state index in [1.165, 1.54) is 0 Å². The predicted octanol–water partition coefficient (Wildman–Crippen LogP) is -3.24. The number of aliphatic hydroxyl groups excluding tert-OH is 4. The van der Waals surface area contributed by atoms with Gasteiger partial charge in [-0.1, -0.05) is 0 Å². The van der Waals surface area contributed by atoms with Crippen LogP contribution in [0.5, 0.6) is 0 Å². The third kappa shape index (κ3) is 2.85. The highest BCUT2D eigenvalue weighted by atomic mass is 16.7. The Morgan fingerprint density at radius 3 is 2.33 bits per heavy atom. The summed E-state index contributed by atoms with van der Waals surface area (Å²) in [6.07, 6.45) is -6.13. The van der Waals surface area contributed by atoms with E-state index in [1.807, 2.05) is 0 Å². The fraction of sp³-hybridized carbons (Fsp3) is 1.00. The van der Waals surface area contributed by atoms with Crippen molar-refractivity contribution in [2.45, 2.75) is 30.7 Å². The summed E-state index contributed by atoms with van der Waals surface area (Å²) in [6.45, 7) is -0.0643. The number of nitrogens with two attached hydrogens (primary N) is 1. The Labute approximate surface area is 87.0 Å². The zero-order chi connectivity index (χ0) is 11.4. The minimum absolute atomic E-state index is 0.155. The average molecular weight is 223 g/mol. The van der Waals surface area contributed by atoms with Crippen LogP contribution in [0.3, 0.4) is 0 Å². The molecule has 1 heterocycles. The number of ether oxygens (including phenoxy) is 2. The molecule has 0 spiro atoms. The summed E-state index contributed by atoms with van der Waals surface area (Å²) in [4.78, 5) is 0. The maximum atomic E-state index is 9.47. The Morgan fingerprint density at radius 1 is 1.13 bits per heavy atom. The first-order valence-electron chi connectivity index (χ1n) is 4.74. The van der Waals surface area contributed by atoms with E-state index in [2.05, 4.69) is 0 Å². The topological polar surface area (TPSA) is 125 Å². The van der Waals surface area contributed by atoms with Gasteiger partial charge in [-0.15, -0.1) is 0 Å². The van der Waals surface area contributed by atoms with E-state index < -0.39 is 37.3 Å². The average Bonchev–Trinajstić information content (AvgIpc) is 2.25. The third-order valence-electron chi connectivity index (χ3n) is 2.25. The van der Waals surface area contributed by atoms with E-state index in [9.17, 15) is 15.3 Å². The van der Waals surface area contributed by atoms with Crippen molar-refractivity contribution in [3.05, 3.63) is 0 Å². The lowest BCUT2D eigenvalue weighted by Crippen LogP contribution is -2.59. The van der Waals surface area contributed by atoms with Crippen molar-refractivity contribution in [3.8, 4) is 0 Å². The molecule has 6 N–H and O–H groups in total. The molecule has 0 aliphatic carbocycles. The van der Waals surface area contributed by atoms with Gasteiger partial charge >= 0.3 is 0 Å². The van der Waals surface area contributed by atoms with Gasteiger partial charge in [0.2, 0.25) is 0 Å². The molecular formula is C8H17NO6. The van der Waals surface area contributed by atoms with Crippen molar-refractivity contribution >= 4 is 0 Å². The van der Waals surface area contributed by atoms with E-state index in [4.69, 9.17) is 20.3 Å². The van der Waals surface area contributed by atoms with Gasteiger partial charge in [0.05, 0.1) is 13.2 Å². The maximum Gasteiger partial charge on any atom is 0.186 e. The fourth-order valence-corrected chi connectivity index (χ4v) is 1.39. The van der Waals surface area contributed by atoms with Crippen molar-refractivity contribution in [1.29, 1.82) is 0 Å². The molecule has 7 heteroatoms. The number of hydrogen-bond acceptors (Lipinski definition) is 7. The highest BCUT2D eigenvalue weighted by Crippen LogP contribution is 2.21. The van der Waals surface area contributed by atoms with Gasteiger partial charge in [0.25, 0.3) is 0 Å². The summed E-state index contributed by atoms with van der Waals surface area (Å²) >= 11 is 0. The van der Waals surface area contributed by atoms with E-state index >= 15 is 0 Å². The Kier molecular flexibility index (Phi) is 4.87. The SMILES string of the molecule is NCCO[C@@H]1OC(CO)[C@@H](O)C(O)C1O. The lowest BCUT2D eigenvalue weighted by molar-refractivity contribution is -0.300. The van der Waals surface area contributed by atoms with Crippen LogP contribution in [0, 0.1) is 0 Å². The van der Waals surface area contributed by atoms with Crippen molar-refractivity contribution < 1.29 is 29.9 Å². The second kappa shape index (κ2) is 5.71. The van der Waals surface area contributed by atoms with Crippen molar-refractivity contribution in [2.24, 2.45) is 5.73 Å². The second-order valence-corrected chi connectivity index (χ2v) is 3.36. The van der Waals surface area contributed by atoms with Gasteiger partial charge < -0.3 is 35.6 Å². The highest BCUT2D eigenvalue weighted by molar-refractivity contribution is 4.88. The molecule has 15 heavy (non-hydrogen) atoms. The van der Waals surface area contributed by atoms with Gasteiger partial charge in [-0.05, 0) is 0 Å². The number of aliphatic hydroxyl groups is 4. The van der Waals surface area contributed by atoms with Crippen LogP contribution < -0.4 is 5.73 Å². The number of hydrogen-bond donors (Lipinski definition) is 5. The molecule has 0 radical (unpaired) electrons. The molecule has 90 valence electrons. The monoisotopic (exact) mass is 223 g/mol. The van der Waals surface area contributed by atoms with Gasteiger partial charge in [0.1, 0.15) is 24.4 Å². The molecule has 0 aromatic carbocycles. The Morgan fingerprint density at radius 2 is 1.80 bits per heavy atom. The number of rotatable bonds is 4. The molecule has 0 aromatic heterocycles. The van der Waals surface area contributed by atoms with E-state index in [1.54, 1.807) is 0 Å². The van der Waals surface area contributed by atoms with Crippen LogP contribution in [-0.4, -0.2) is 70.9 Å². The zero-order valence-electron chi connectivity index (χ0n) is 8.19. The zero-order valence-corrected chi connectivity index (χ0v) is 8.19. The van der Waals surface area contributed by atoms with Crippen LogP contribution in [0.15, 0.2) is 0 Å². The van der Waals surface area contributed by atoms with Gasteiger partial charge in [-0.3, -0.25) is 0 Å². The summed E-state index contributed by atoms with van der Waals surface area (Å²) in [5, 5.41) is 37.1. The summed E-state index contributed by atoms with van der Waals surface area (Å²) < 4.78 is 10.1. The third-order valence-corrected chi connectivity index (χ3v) is 2.25. The lowest BCUT2D eigenvalue weighted by Gasteiger charge is -2.39. The van der Waals surface area contributed by atoms with E-state index in [-0.39, 0.29) is 13.2 Å². The molecule has 1 rings (SSSR count). The quantitative estimate of drug-likeness (QED) is 0.339. The summed E-state index contributed by atoms with van der Waals surface area (Å²) in [7, 11) is 0. The molecule has 0 saturated carbocycles. The first-order chi connectivity index (χ1) is 7.11. The molecule has 7 nitrogen and oxygen atoms in total. The molecule has 0 amide bonds. The van der Waals surface area contributed by atoms with Gasteiger partial charge in [0.15, 0.2) is 6.29 Å². The first-order valence-corrected chi connectivity index (χ1v) is 4.74. The van der Waals surface area contributed by atoms with E-state index in [0.29, 0.717) is 0 Å². The molecule has 1 saturated heterocycles. The lowest BCUT2D eigenvalue weighted by atomic mass is 9.99. The van der Waals surface area contributed by atoms with Crippen molar-refractivity contribution in [1.82, 2.24) is 0 Å². The molecule has 1 fully saturated rings. The van der Waals surface area contributed by atoms with Crippen LogP contribution >= 0.6 is 0 Å². The predicted molar refractivity (Wildman–Crippen MR) is 48.8 cm³/mol. The molecular weight excluding hydrogens is 206 g/mol. The molecule has 5 atom stereocenters. The summed E-state index contributed by atoms with van der Waals surface area (Å²) in [5.74, 6) is 0. The summed E-state index contributed by atoms with van der Waals surface area (Å²) in [6, 6.07) is 0. The Hall–Kier alpha value is -0.280. The van der Waals surface area contributed by atoms with Crippen LogP contribution in [0.4, 0.5) is 0 Å². The van der Waals surface area contributed by atoms with Crippen molar-refractivity contribution in [3.63, 3.8) is 0 Å². The van der Waals surface area contributed by atoms with Gasteiger partial charge in [-0.25, -0.2) is 0 Å². The highest BCUT2D eigenvalue weighted by Gasteiger charge is 2.43. The molecule has 1 aliphatic rings. The smallest absolute Gasteiger partial charge is 0.186 e. The molecule has 3 unspecified atom stereocenters. The standard InChI is InChI=1S/C8H17NO6/c9-1-2-14-8-7(13)6(12)5(11)4(3-10)15-8/h4-8,10-13H,1-3,9H2/t4?,5-,6?,7?,8-/m1/s1. The maximum absolute atomic E-state index is 9.47. The van der Waals surface area contributed by atoms with Gasteiger partial charge in [-0.2, -0.15) is 0 Å². The first kappa shape index (κ1) is 12.8. The van der Waals surface area contributed by atoms with Crippen molar-refractivity contribution in [2.75, 3.05) is 19.8 Å². The molecule has 0 bridgehead atoms. The minimum Gasteiger partial charge on any atom is -0.394 e. The molecule has 0 aromatic rings.